The Morgan fingerprint density at radius 1 is 0.702 bits per heavy atom. The molecule has 0 fully saturated rings. The third-order valence-corrected chi connectivity index (χ3v) is 13.3. The highest BCUT2D eigenvalue weighted by atomic mass is 32.2. The van der Waals surface area contributed by atoms with Crippen molar-refractivity contribution in [3.8, 4) is 0 Å². The lowest BCUT2D eigenvalue weighted by Crippen LogP contribution is -2.31. The monoisotopic (exact) mass is 823 g/mol. The molecule has 0 saturated carbocycles. The zero-order valence-electron chi connectivity index (χ0n) is 33.3. The second-order valence-corrected chi connectivity index (χ2v) is 18.7. The van der Waals surface area contributed by atoms with Crippen LogP contribution in [0.15, 0.2) is 82.6 Å². The molecule has 0 aliphatic rings. The molecule has 0 N–H and O–H groups in total. The molecule has 2 atom stereocenters. The van der Waals surface area contributed by atoms with Gasteiger partial charge in [0.2, 0.25) is 5.54 Å². The van der Waals surface area contributed by atoms with E-state index < -0.39 is 66.3 Å². The zero-order valence-corrected chi connectivity index (χ0v) is 35.0. The van der Waals surface area contributed by atoms with Crippen molar-refractivity contribution in [1.82, 2.24) is 0 Å². The normalized spacial score (nSPS) is 13.3. The summed E-state index contributed by atoms with van der Waals surface area (Å²) in [7, 11) is -6.60. The Balaban J connectivity index is 1.52. The van der Waals surface area contributed by atoms with Gasteiger partial charge in [0.25, 0.3) is 0 Å². The third kappa shape index (κ3) is 15.0. The van der Waals surface area contributed by atoms with Crippen LogP contribution < -0.4 is 0 Å². The number of hydrogen-bond donors (Lipinski definition) is 0. The van der Waals surface area contributed by atoms with E-state index in [0.29, 0.717) is 24.8 Å². The van der Waals surface area contributed by atoms with Crippen LogP contribution in [0.5, 0.6) is 0 Å². The highest BCUT2D eigenvalue weighted by Crippen LogP contribution is 2.28. The fourth-order valence-corrected chi connectivity index (χ4v) is 9.36. The number of nitrogens with zero attached hydrogens (tertiary/aromatic N) is 1. The molecule has 0 radical (unpaired) electrons. The minimum atomic E-state index is -4.05. The van der Waals surface area contributed by atoms with Crippen molar-refractivity contribution >= 4 is 43.2 Å². The second kappa shape index (κ2) is 21.7. The predicted octanol–water partition coefficient (Wildman–Crippen LogP) is 7.01. The first kappa shape index (κ1) is 46.7. The molecule has 0 aromatic heterocycles. The lowest BCUT2D eigenvalue weighted by molar-refractivity contribution is -0.149. The Bertz CT molecular complexity index is 2010. The van der Waals surface area contributed by atoms with Crippen LogP contribution >= 0.6 is 0 Å². The minimum Gasteiger partial charge on any atom is -0.466 e. The highest BCUT2D eigenvalue weighted by Gasteiger charge is 2.36. The van der Waals surface area contributed by atoms with Gasteiger partial charge in [-0.05, 0) is 57.4 Å². The van der Waals surface area contributed by atoms with Crippen LogP contribution in [0.25, 0.3) is 4.85 Å². The molecule has 0 heterocycles. The van der Waals surface area contributed by atoms with Gasteiger partial charge in [0.1, 0.15) is 6.61 Å². The smallest absolute Gasteiger partial charge is 0.309 e. The van der Waals surface area contributed by atoms with Crippen LogP contribution in [0.2, 0.25) is 0 Å². The van der Waals surface area contributed by atoms with Crippen molar-refractivity contribution in [2.45, 2.75) is 88.0 Å². The maximum Gasteiger partial charge on any atom is 0.309 e. The molecule has 0 aliphatic carbocycles. The first-order valence-electron chi connectivity index (χ1n) is 18.9. The molecule has 3 aromatic carbocycles. The van der Waals surface area contributed by atoms with E-state index in [1.54, 1.807) is 38.1 Å². The molecule has 0 aliphatic heterocycles. The molecular formula is C43H53NO11S2. The van der Waals surface area contributed by atoms with Crippen molar-refractivity contribution in [3.63, 3.8) is 0 Å². The average Bonchev–Trinajstić information content (AvgIpc) is 3.18. The van der Waals surface area contributed by atoms with Gasteiger partial charge in [-0.3, -0.25) is 19.2 Å². The van der Waals surface area contributed by atoms with Gasteiger partial charge < -0.3 is 19.1 Å². The van der Waals surface area contributed by atoms with E-state index in [2.05, 4.69) is 4.85 Å². The Kier molecular flexibility index (Phi) is 17.8. The van der Waals surface area contributed by atoms with Crippen molar-refractivity contribution < 1.29 is 50.2 Å². The van der Waals surface area contributed by atoms with E-state index in [1.807, 2.05) is 13.8 Å². The Labute approximate surface area is 337 Å². The fraction of sp³-hybridized carbons (Fsp3) is 0.465. The van der Waals surface area contributed by atoms with Gasteiger partial charge in [-0.15, -0.1) is 0 Å². The van der Waals surface area contributed by atoms with Gasteiger partial charge in [-0.2, -0.15) is 0 Å². The second-order valence-electron chi connectivity index (χ2n) is 14.7. The zero-order chi connectivity index (χ0) is 42.2. The van der Waals surface area contributed by atoms with E-state index in [0.717, 1.165) is 11.1 Å². The summed E-state index contributed by atoms with van der Waals surface area (Å²) in [6.07, 6.45) is 2.32. The van der Waals surface area contributed by atoms with E-state index in [9.17, 15) is 36.0 Å². The summed E-state index contributed by atoms with van der Waals surface area (Å²) in [5.41, 5.74) is 1.18. The number of unbranched alkanes of at least 4 members (excludes halogenated alkanes) is 2. The number of carbonyl (C=O) groups excluding carboxylic acids is 4. The van der Waals surface area contributed by atoms with Crippen molar-refractivity contribution in [2.24, 2.45) is 11.8 Å². The Morgan fingerprint density at radius 3 is 1.74 bits per heavy atom. The standard InChI is InChI=1S/C43H53NO11S2/c1-31-11-19-37(20-12-31)56(49,50)29-36(30-57(51,52)38-21-13-32(2)14-22-38)41(47)35-17-15-34(16-18-35)39(45)10-8-7-9-25-54-40(46)23-24-43(4,44-5)28-33(3)42(48)55-27-26-53-6/h11-22,33,36H,7-10,23-30H2,1-4,6H3. The summed E-state index contributed by atoms with van der Waals surface area (Å²) in [5, 5.41) is 0. The molecule has 0 saturated heterocycles. The van der Waals surface area contributed by atoms with E-state index in [4.69, 9.17) is 20.8 Å². The summed E-state index contributed by atoms with van der Waals surface area (Å²) < 4.78 is 69.0. The van der Waals surface area contributed by atoms with E-state index in [-0.39, 0.29) is 66.6 Å². The van der Waals surface area contributed by atoms with Gasteiger partial charge in [-0.25, -0.2) is 23.4 Å². The number of esters is 2. The summed E-state index contributed by atoms with van der Waals surface area (Å²) in [5.74, 6) is -5.09. The van der Waals surface area contributed by atoms with Gasteiger partial charge >= 0.3 is 11.9 Å². The number of Topliss-reactive ketones (excluding diaryl/α,β-unsaturated/α-hetero) is 2. The van der Waals surface area contributed by atoms with Gasteiger partial charge in [0.05, 0.1) is 52.8 Å². The lowest BCUT2D eigenvalue weighted by atomic mass is 9.86. The van der Waals surface area contributed by atoms with Crippen LogP contribution in [0.3, 0.4) is 0 Å². The topological polar surface area (TPSA) is 169 Å². The molecule has 2 unspecified atom stereocenters. The lowest BCUT2D eigenvalue weighted by Gasteiger charge is -2.20. The molecule has 12 nitrogen and oxygen atoms in total. The third-order valence-electron chi connectivity index (χ3n) is 9.59. The van der Waals surface area contributed by atoms with E-state index in [1.165, 1.54) is 55.6 Å². The number of benzene rings is 3. The van der Waals surface area contributed by atoms with Crippen LogP contribution in [-0.4, -0.2) is 84.3 Å². The Morgan fingerprint density at radius 2 is 1.23 bits per heavy atom. The number of ether oxygens (including phenoxy) is 3. The maximum absolute atomic E-state index is 13.8. The van der Waals surface area contributed by atoms with Crippen LogP contribution in [0.1, 0.15) is 90.6 Å². The number of aryl methyl sites for hydroxylation is 2. The summed E-state index contributed by atoms with van der Waals surface area (Å²) in [6, 6.07) is 18.0. The molecule has 0 bridgehead atoms. The molecule has 3 aromatic rings. The first-order chi connectivity index (χ1) is 26.9. The van der Waals surface area contributed by atoms with Gasteiger partial charge in [0.15, 0.2) is 31.2 Å². The van der Waals surface area contributed by atoms with Crippen LogP contribution in [0, 0.1) is 32.3 Å². The SMILES string of the molecule is [C-]#[N+]C(C)(CCC(=O)OCCCCCC(=O)c1ccc(C(=O)C(CS(=O)(=O)c2ccc(C)cc2)CS(=O)(=O)c2ccc(C)cc2)cc1)CC(C)C(=O)OCCOC. The summed E-state index contributed by atoms with van der Waals surface area (Å²) in [6.45, 7) is 15.2. The molecule has 57 heavy (non-hydrogen) atoms. The van der Waals surface area contributed by atoms with E-state index >= 15 is 0 Å². The number of methoxy groups -OCH3 is 1. The van der Waals surface area contributed by atoms with Crippen LogP contribution in [0.4, 0.5) is 0 Å². The quantitative estimate of drug-likeness (QED) is 0.0394. The van der Waals surface area contributed by atoms with Crippen molar-refractivity contribution in [1.29, 1.82) is 0 Å². The predicted molar refractivity (Wildman–Crippen MR) is 215 cm³/mol. The largest absolute Gasteiger partial charge is 0.466 e. The maximum atomic E-state index is 13.8. The number of sulfone groups is 2. The minimum absolute atomic E-state index is 0.0152. The number of carbonyl (C=O) groups is 4. The van der Waals surface area contributed by atoms with Crippen molar-refractivity contribution in [3.05, 3.63) is 106 Å². The first-order valence-corrected chi connectivity index (χ1v) is 22.2. The van der Waals surface area contributed by atoms with Gasteiger partial charge in [0, 0.05) is 44.4 Å². The molecule has 0 spiro atoms. The molecule has 308 valence electrons. The number of rotatable bonds is 24. The highest BCUT2D eigenvalue weighted by molar-refractivity contribution is 7.92. The molecule has 3 rings (SSSR count). The van der Waals surface area contributed by atoms with Crippen molar-refractivity contribution in [2.75, 3.05) is 38.4 Å². The van der Waals surface area contributed by atoms with Crippen LogP contribution in [-0.2, 0) is 43.5 Å². The number of hydrogen-bond acceptors (Lipinski definition) is 11. The fourth-order valence-electron chi connectivity index (χ4n) is 6.12. The molecule has 14 heteroatoms. The van der Waals surface area contributed by atoms with Gasteiger partial charge in [-0.1, -0.05) is 66.6 Å². The average molecular weight is 824 g/mol. The summed E-state index contributed by atoms with van der Waals surface area (Å²) in [4.78, 5) is 54.9. The summed E-state index contributed by atoms with van der Waals surface area (Å²) >= 11 is 0. The molecular weight excluding hydrogens is 771 g/mol. The Hall–Kier alpha value is -4.71. The number of ketones is 2. The molecule has 0 amide bonds.